The first-order chi connectivity index (χ1) is 5.33. The molecule has 3 heteroatoms. The molecule has 0 aliphatic carbocycles. The van der Waals surface area contributed by atoms with E-state index in [2.05, 4.69) is 17.9 Å². The quantitative estimate of drug-likeness (QED) is 0.519. The molecule has 0 N–H and O–H groups in total. The number of hydrogen-bond acceptors (Lipinski definition) is 3. The third-order valence-electron chi connectivity index (χ3n) is 1.83. The van der Waals surface area contributed by atoms with Crippen LogP contribution in [0, 0.1) is 11.3 Å². The summed E-state index contributed by atoms with van der Waals surface area (Å²) in [5.74, 6) is 0. The van der Waals surface area contributed by atoms with Crippen LogP contribution in [-0.2, 0) is 4.74 Å². The number of nitriles is 1. The lowest BCUT2D eigenvalue weighted by molar-refractivity contribution is 0.0694. The molecule has 1 unspecified atom stereocenters. The topological polar surface area (TPSA) is 36.3 Å². The van der Waals surface area contributed by atoms with Gasteiger partial charge in [-0.1, -0.05) is 0 Å². The highest BCUT2D eigenvalue weighted by Gasteiger charge is 2.13. The van der Waals surface area contributed by atoms with Gasteiger partial charge in [0.2, 0.25) is 0 Å². The average Bonchev–Trinajstić information content (AvgIpc) is 2.15. The van der Waals surface area contributed by atoms with Gasteiger partial charge in [0.05, 0.1) is 18.7 Å². The standard InChI is InChI=1S/C8H14N2O/c1-8-7-10(5-3-9)4-2-6-11-8/h8H,2,4-7H2,1H3. The average molecular weight is 154 g/mol. The highest BCUT2D eigenvalue weighted by molar-refractivity contribution is 4.78. The van der Waals surface area contributed by atoms with Crippen molar-refractivity contribution in [3.8, 4) is 6.07 Å². The Morgan fingerprint density at radius 2 is 2.55 bits per heavy atom. The van der Waals surface area contributed by atoms with Crippen molar-refractivity contribution in [1.82, 2.24) is 4.90 Å². The number of hydrogen-bond donors (Lipinski definition) is 0. The maximum Gasteiger partial charge on any atom is 0.0866 e. The van der Waals surface area contributed by atoms with Crippen molar-refractivity contribution in [3.63, 3.8) is 0 Å². The van der Waals surface area contributed by atoms with Crippen LogP contribution in [0.1, 0.15) is 13.3 Å². The molecular formula is C8H14N2O. The largest absolute Gasteiger partial charge is 0.377 e. The van der Waals surface area contributed by atoms with Crippen molar-refractivity contribution >= 4 is 0 Å². The zero-order valence-corrected chi connectivity index (χ0v) is 6.92. The lowest BCUT2D eigenvalue weighted by atomic mass is 10.3. The van der Waals surface area contributed by atoms with Crippen LogP contribution in [0.5, 0.6) is 0 Å². The monoisotopic (exact) mass is 154 g/mol. The fourth-order valence-electron chi connectivity index (χ4n) is 1.32. The van der Waals surface area contributed by atoms with Crippen LogP contribution < -0.4 is 0 Å². The van der Waals surface area contributed by atoms with Crippen LogP contribution >= 0.6 is 0 Å². The van der Waals surface area contributed by atoms with Crippen LogP contribution in [0.15, 0.2) is 0 Å². The molecule has 1 rings (SSSR count). The van der Waals surface area contributed by atoms with Crippen molar-refractivity contribution in [3.05, 3.63) is 0 Å². The molecule has 1 atom stereocenters. The van der Waals surface area contributed by atoms with Gasteiger partial charge in [-0.15, -0.1) is 0 Å². The van der Waals surface area contributed by atoms with Crippen LogP contribution in [0.4, 0.5) is 0 Å². The summed E-state index contributed by atoms with van der Waals surface area (Å²) in [6.45, 7) is 5.32. The van der Waals surface area contributed by atoms with E-state index in [4.69, 9.17) is 10.00 Å². The molecule has 0 amide bonds. The molecule has 11 heavy (non-hydrogen) atoms. The minimum atomic E-state index is 0.283. The van der Waals surface area contributed by atoms with Gasteiger partial charge in [-0.3, -0.25) is 4.90 Å². The van der Waals surface area contributed by atoms with E-state index in [-0.39, 0.29) is 6.10 Å². The molecule has 0 bridgehead atoms. The molecule has 1 aliphatic rings. The van der Waals surface area contributed by atoms with Crippen LogP contribution in [0.2, 0.25) is 0 Å². The molecule has 0 spiro atoms. The highest BCUT2D eigenvalue weighted by Crippen LogP contribution is 2.03. The van der Waals surface area contributed by atoms with E-state index in [0.717, 1.165) is 26.1 Å². The summed E-state index contributed by atoms with van der Waals surface area (Å²) >= 11 is 0. The highest BCUT2D eigenvalue weighted by atomic mass is 16.5. The van der Waals surface area contributed by atoms with Gasteiger partial charge in [-0.25, -0.2) is 0 Å². The Hall–Kier alpha value is -0.590. The summed E-state index contributed by atoms with van der Waals surface area (Å²) < 4.78 is 5.43. The molecule has 62 valence electrons. The molecule has 3 nitrogen and oxygen atoms in total. The molecular weight excluding hydrogens is 140 g/mol. The van der Waals surface area contributed by atoms with E-state index in [0.29, 0.717) is 6.54 Å². The Morgan fingerprint density at radius 1 is 1.73 bits per heavy atom. The third kappa shape index (κ3) is 2.87. The number of nitrogens with zero attached hydrogens (tertiary/aromatic N) is 2. The lowest BCUT2D eigenvalue weighted by Crippen LogP contribution is -2.30. The summed E-state index contributed by atoms with van der Waals surface area (Å²) in [6.07, 6.45) is 1.33. The van der Waals surface area contributed by atoms with Gasteiger partial charge < -0.3 is 4.74 Å². The van der Waals surface area contributed by atoms with Gasteiger partial charge >= 0.3 is 0 Å². The predicted octanol–water partition coefficient (Wildman–Crippen LogP) is 0.621. The maximum absolute atomic E-state index is 8.46. The van der Waals surface area contributed by atoms with E-state index in [1.54, 1.807) is 0 Å². The smallest absolute Gasteiger partial charge is 0.0866 e. The third-order valence-corrected chi connectivity index (χ3v) is 1.83. The zero-order valence-electron chi connectivity index (χ0n) is 6.92. The van der Waals surface area contributed by atoms with Crippen molar-refractivity contribution in [1.29, 1.82) is 5.26 Å². The second-order valence-corrected chi connectivity index (χ2v) is 2.93. The van der Waals surface area contributed by atoms with Crippen molar-refractivity contribution in [2.45, 2.75) is 19.4 Å². The van der Waals surface area contributed by atoms with Crippen molar-refractivity contribution in [2.24, 2.45) is 0 Å². The predicted molar refractivity (Wildman–Crippen MR) is 42.1 cm³/mol. The van der Waals surface area contributed by atoms with Crippen LogP contribution in [0.25, 0.3) is 0 Å². The summed E-state index contributed by atoms with van der Waals surface area (Å²) in [5, 5.41) is 8.46. The van der Waals surface area contributed by atoms with Crippen molar-refractivity contribution < 1.29 is 4.74 Å². The SMILES string of the molecule is CC1CN(CC#N)CCCO1. The van der Waals surface area contributed by atoms with E-state index >= 15 is 0 Å². The molecule has 0 aromatic heterocycles. The van der Waals surface area contributed by atoms with Gasteiger partial charge in [0, 0.05) is 19.7 Å². The fourth-order valence-corrected chi connectivity index (χ4v) is 1.32. The Balaban J connectivity index is 2.34. The molecule has 0 saturated carbocycles. The summed E-state index contributed by atoms with van der Waals surface area (Å²) in [4.78, 5) is 2.14. The lowest BCUT2D eigenvalue weighted by Gasteiger charge is -2.17. The molecule has 1 heterocycles. The van der Waals surface area contributed by atoms with Crippen LogP contribution in [-0.4, -0.2) is 37.2 Å². The van der Waals surface area contributed by atoms with Gasteiger partial charge in [-0.05, 0) is 13.3 Å². The van der Waals surface area contributed by atoms with Gasteiger partial charge in [-0.2, -0.15) is 5.26 Å². The van der Waals surface area contributed by atoms with Gasteiger partial charge in [0.25, 0.3) is 0 Å². The second-order valence-electron chi connectivity index (χ2n) is 2.93. The van der Waals surface area contributed by atoms with Crippen molar-refractivity contribution in [2.75, 3.05) is 26.2 Å². The number of rotatable bonds is 1. The molecule has 1 fully saturated rings. The van der Waals surface area contributed by atoms with Gasteiger partial charge in [0.1, 0.15) is 0 Å². The summed E-state index contributed by atoms with van der Waals surface area (Å²) in [5.41, 5.74) is 0. The maximum atomic E-state index is 8.46. The fraction of sp³-hybridized carbons (Fsp3) is 0.875. The first-order valence-corrected chi connectivity index (χ1v) is 4.04. The first kappa shape index (κ1) is 8.51. The van der Waals surface area contributed by atoms with E-state index in [1.165, 1.54) is 0 Å². The summed E-state index contributed by atoms with van der Waals surface area (Å²) in [6, 6.07) is 2.16. The zero-order chi connectivity index (χ0) is 8.10. The van der Waals surface area contributed by atoms with Crippen LogP contribution in [0.3, 0.4) is 0 Å². The Labute approximate surface area is 67.6 Å². The first-order valence-electron chi connectivity index (χ1n) is 4.04. The normalized spacial score (nSPS) is 27.5. The Kier molecular flexibility index (Phi) is 3.34. The minimum absolute atomic E-state index is 0.283. The van der Waals surface area contributed by atoms with E-state index < -0.39 is 0 Å². The second kappa shape index (κ2) is 4.32. The Bertz CT molecular complexity index is 153. The molecule has 0 radical (unpaired) electrons. The summed E-state index contributed by atoms with van der Waals surface area (Å²) in [7, 11) is 0. The van der Waals surface area contributed by atoms with E-state index in [9.17, 15) is 0 Å². The molecule has 1 aliphatic heterocycles. The minimum Gasteiger partial charge on any atom is -0.377 e. The Morgan fingerprint density at radius 3 is 3.27 bits per heavy atom. The number of ether oxygens (including phenoxy) is 1. The van der Waals surface area contributed by atoms with E-state index in [1.807, 2.05) is 0 Å². The molecule has 0 aromatic carbocycles. The molecule has 0 aromatic rings. The molecule has 1 saturated heterocycles. The van der Waals surface area contributed by atoms with Gasteiger partial charge in [0.15, 0.2) is 0 Å².